The summed E-state index contributed by atoms with van der Waals surface area (Å²) in [6.45, 7) is 4.26. The van der Waals surface area contributed by atoms with Crippen LogP contribution in [-0.2, 0) is 11.3 Å². The highest BCUT2D eigenvalue weighted by Crippen LogP contribution is 2.21. The van der Waals surface area contributed by atoms with E-state index in [4.69, 9.17) is 23.2 Å². The number of hydrogen-bond acceptors (Lipinski definition) is 2. The summed E-state index contributed by atoms with van der Waals surface area (Å²) in [5, 5.41) is 7.27. The van der Waals surface area contributed by atoms with Gasteiger partial charge in [0.15, 0.2) is 0 Å². The number of carbonyl (C=O) groups is 1. The molecule has 1 aliphatic rings. The molecule has 1 unspecified atom stereocenters. The van der Waals surface area contributed by atoms with Gasteiger partial charge in [0, 0.05) is 22.5 Å². The van der Waals surface area contributed by atoms with Gasteiger partial charge in [-0.05, 0) is 36.7 Å². The van der Waals surface area contributed by atoms with Gasteiger partial charge in [-0.25, -0.2) is 0 Å². The minimum Gasteiger partial charge on any atom is -0.352 e. The van der Waals surface area contributed by atoms with E-state index in [1.165, 1.54) is 0 Å². The van der Waals surface area contributed by atoms with E-state index < -0.39 is 0 Å². The van der Waals surface area contributed by atoms with Gasteiger partial charge in [0.2, 0.25) is 5.91 Å². The van der Waals surface area contributed by atoms with Crippen LogP contribution in [-0.4, -0.2) is 19.0 Å². The average molecular weight is 324 g/mol. The quantitative estimate of drug-likeness (QED) is 0.894. The van der Waals surface area contributed by atoms with E-state index in [0.29, 0.717) is 22.5 Å². The molecule has 1 saturated heterocycles. The van der Waals surface area contributed by atoms with E-state index in [2.05, 4.69) is 10.6 Å². The van der Waals surface area contributed by atoms with Gasteiger partial charge >= 0.3 is 0 Å². The molecule has 1 amide bonds. The van der Waals surface area contributed by atoms with Crippen molar-refractivity contribution in [3.63, 3.8) is 0 Å². The molecular weight excluding hydrogens is 307 g/mol. The zero-order valence-corrected chi connectivity index (χ0v) is 12.9. The summed E-state index contributed by atoms with van der Waals surface area (Å²) in [6.07, 6.45) is 0. The second kappa shape index (κ2) is 7.34. The van der Waals surface area contributed by atoms with Crippen molar-refractivity contribution in [2.75, 3.05) is 13.1 Å². The number of hydrogen-bond donors (Lipinski definition) is 2. The number of rotatable bonds is 4. The number of benzene rings is 1. The molecule has 6 heteroatoms. The van der Waals surface area contributed by atoms with Crippen molar-refractivity contribution in [2.24, 2.45) is 11.8 Å². The van der Waals surface area contributed by atoms with Crippen LogP contribution in [0.25, 0.3) is 0 Å². The van der Waals surface area contributed by atoms with Crippen molar-refractivity contribution in [1.82, 2.24) is 10.6 Å². The summed E-state index contributed by atoms with van der Waals surface area (Å²) in [5.74, 6) is 0.565. The van der Waals surface area contributed by atoms with E-state index in [-0.39, 0.29) is 24.2 Å². The molecule has 1 fully saturated rings. The van der Waals surface area contributed by atoms with Crippen LogP contribution < -0.4 is 10.6 Å². The molecule has 0 bridgehead atoms. The lowest BCUT2D eigenvalue weighted by Crippen LogP contribution is -2.49. The van der Waals surface area contributed by atoms with Crippen LogP contribution in [0.15, 0.2) is 18.2 Å². The van der Waals surface area contributed by atoms with Crippen molar-refractivity contribution in [3.05, 3.63) is 33.8 Å². The van der Waals surface area contributed by atoms with Gasteiger partial charge < -0.3 is 10.6 Å². The van der Waals surface area contributed by atoms with Crippen LogP contribution in [0.2, 0.25) is 10.0 Å². The summed E-state index contributed by atoms with van der Waals surface area (Å²) in [4.78, 5) is 11.9. The normalized spacial score (nSPS) is 16.2. The summed E-state index contributed by atoms with van der Waals surface area (Å²) < 4.78 is 0. The van der Waals surface area contributed by atoms with Crippen LogP contribution in [0, 0.1) is 11.8 Å². The molecule has 1 aromatic rings. The highest BCUT2D eigenvalue weighted by Gasteiger charge is 2.28. The van der Waals surface area contributed by atoms with Gasteiger partial charge in [0.05, 0.1) is 0 Å². The van der Waals surface area contributed by atoms with Gasteiger partial charge in [-0.3, -0.25) is 4.79 Å². The summed E-state index contributed by atoms with van der Waals surface area (Å²) in [7, 11) is 0. The number of carbonyl (C=O) groups excluding carboxylic acids is 1. The third-order valence-electron chi connectivity index (χ3n) is 3.40. The smallest absolute Gasteiger partial charge is 0.223 e. The van der Waals surface area contributed by atoms with Crippen molar-refractivity contribution < 1.29 is 4.79 Å². The van der Waals surface area contributed by atoms with Crippen LogP contribution in [0.3, 0.4) is 0 Å². The third kappa shape index (κ3) is 4.25. The van der Waals surface area contributed by atoms with Crippen LogP contribution in [0.4, 0.5) is 0 Å². The largest absolute Gasteiger partial charge is 0.352 e. The second-order valence-electron chi connectivity index (χ2n) is 4.66. The Morgan fingerprint density at radius 2 is 2.16 bits per heavy atom. The molecule has 1 heterocycles. The predicted octanol–water partition coefficient (Wildman–Crippen LogP) is 2.89. The number of amides is 1. The number of halogens is 3. The minimum absolute atomic E-state index is 0. The summed E-state index contributed by atoms with van der Waals surface area (Å²) in [6, 6.07) is 5.29. The van der Waals surface area contributed by atoms with E-state index in [9.17, 15) is 4.79 Å². The zero-order valence-electron chi connectivity index (χ0n) is 10.6. The summed E-state index contributed by atoms with van der Waals surface area (Å²) in [5.41, 5.74) is 0.883. The van der Waals surface area contributed by atoms with E-state index in [1.54, 1.807) is 12.1 Å². The van der Waals surface area contributed by atoms with Crippen LogP contribution in [0.5, 0.6) is 0 Å². The highest BCUT2D eigenvalue weighted by molar-refractivity contribution is 6.35. The third-order valence-corrected chi connectivity index (χ3v) is 3.99. The molecule has 0 saturated carbocycles. The first kappa shape index (κ1) is 16.6. The fourth-order valence-corrected chi connectivity index (χ4v) is 2.36. The molecule has 19 heavy (non-hydrogen) atoms. The molecule has 2 rings (SSSR count). The monoisotopic (exact) mass is 322 g/mol. The molecule has 106 valence electrons. The van der Waals surface area contributed by atoms with Crippen molar-refractivity contribution in [2.45, 2.75) is 13.5 Å². The Hall–Kier alpha value is -0.480. The van der Waals surface area contributed by atoms with Gasteiger partial charge in [-0.15, -0.1) is 12.4 Å². The first-order valence-corrected chi connectivity index (χ1v) is 6.76. The average Bonchev–Trinajstić information content (AvgIpc) is 2.25. The molecule has 1 aliphatic heterocycles. The van der Waals surface area contributed by atoms with Crippen molar-refractivity contribution >= 4 is 41.5 Å². The molecule has 3 nitrogen and oxygen atoms in total. The van der Waals surface area contributed by atoms with E-state index in [0.717, 1.165) is 18.7 Å². The van der Waals surface area contributed by atoms with E-state index >= 15 is 0 Å². The fraction of sp³-hybridized carbons (Fsp3) is 0.462. The molecule has 0 aliphatic carbocycles. The standard InChI is InChI=1S/C13H16Cl2N2O.ClH/c1-8(10-5-16-6-10)13(18)17-7-9-2-3-11(14)4-12(9)15;/h2-4,8,10,16H,5-7H2,1H3,(H,17,18);1H. The maximum absolute atomic E-state index is 11.9. The predicted molar refractivity (Wildman–Crippen MR) is 81.1 cm³/mol. The molecule has 1 atom stereocenters. The molecule has 0 radical (unpaired) electrons. The van der Waals surface area contributed by atoms with Gasteiger partial charge in [0.25, 0.3) is 0 Å². The number of nitrogens with one attached hydrogen (secondary N) is 2. The lowest BCUT2D eigenvalue weighted by molar-refractivity contribution is -0.126. The van der Waals surface area contributed by atoms with Crippen LogP contribution in [0.1, 0.15) is 12.5 Å². The topological polar surface area (TPSA) is 41.1 Å². The second-order valence-corrected chi connectivity index (χ2v) is 5.50. The van der Waals surface area contributed by atoms with E-state index in [1.807, 2.05) is 13.0 Å². The molecule has 0 spiro atoms. The maximum atomic E-state index is 11.9. The molecule has 2 N–H and O–H groups in total. The first-order valence-electron chi connectivity index (χ1n) is 6.00. The molecule has 1 aromatic carbocycles. The first-order chi connectivity index (χ1) is 8.58. The Labute approximate surface area is 129 Å². The van der Waals surface area contributed by atoms with Gasteiger partial charge in [0.1, 0.15) is 0 Å². The van der Waals surface area contributed by atoms with Gasteiger partial charge in [-0.2, -0.15) is 0 Å². The highest BCUT2D eigenvalue weighted by atomic mass is 35.5. The Morgan fingerprint density at radius 3 is 2.68 bits per heavy atom. The van der Waals surface area contributed by atoms with Gasteiger partial charge in [-0.1, -0.05) is 36.2 Å². The Morgan fingerprint density at radius 1 is 1.47 bits per heavy atom. The molecular formula is C13H17Cl3N2O. The SMILES string of the molecule is CC(C(=O)NCc1ccc(Cl)cc1Cl)C1CNC1.Cl. The summed E-state index contributed by atoms with van der Waals surface area (Å²) >= 11 is 11.9. The van der Waals surface area contributed by atoms with Crippen molar-refractivity contribution in [3.8, 4) is 0 Å². The fourth-order valence-electron chi connectivity index (χ4n) is 1.89. The van der Waals surface area contributed by atoms with Crippen molar-refractivity contribution in [1.29, 1.82) is 0 Å². The zero-order chi connectivity index (χ0) is 13.1. The lowest BCUT2D eigenvalue weighted by Gasteiger charge is -2.31. The van der Waals surface area contributed by atoms with Crippen LogP contribution >= 0.6 is 35.6 Å². The Balaban J connectivity index is 0.00000180. The molecule has 0 aromatic heterocycles. The Bertz CT molecular complexity index is 450. The lowest BCUT2D eigenvalue weighted by atomic mass is 9.88. The maximum Gasteiger partial charge on any atom is 0.223 e. The Kier molecular flexibility index (Phi) is 6.40. The minimum atomic E-state index is 0.